The molecule has 140 valence electrons. The molecule has 3 rings (SSSR count). The summed E-state index contributed by atoms with van der Waals surface area (Å²) in [5, 5.41) is 3.88. The zero-order valence-corrected chi connectivity index (χ0v) is 16.7. The minimum absolute atomic E-state index is 0.256. The summed E-state index contributed by atoms with van der Waals surface area (Å²) in [6.07, 6.45) is 0. The first-order chi connectivity index (χ1) is 13.3. The average molecular weight is 377 g/mol. The van der Waals surface area contributed by atoms with E-state index in [4.69, 9.17) is 5.73 Å². The van der Waals surface area contributed by atoms with Gasteiger partial charge in [-0.3, -0.25) is 0 Å². The van der Waals surface area contributed by atoms with Crippen LogP contribution in [0.25, 0.3) is 0 Å². The van der Waals surface area contributed by atoms with Gasteiger partial charge < -0.3 is 11.1 Å². The minimum atomic E-state index is -0.256. The highest BCUT2D eigenvalue weighted by atomic mass is 32.2. The Morgan fingerprint density at radius 1 is 0.778 bits per heavy atom. The van der Waals surface area contributed by atoms with Gasteiger partial charge in [-0.2, -0.15) is 0 Å². The first-order valence-electron chi connectivity index (χ1n) is 9.52. The fourth-order valence-electron chi connectivity index (χ4n) is 3.47. The number of hydrogen-bond acceptors (Lipinski definition) is 3. The van der Waals surface area contributed by atoms with Crippen molar-refractivity contribution >= 4 is 11.8 Å². The molecule has 0 spiro atoms. The molecule has 0 aromatic heterocycles. The SMILES string of the molecule is CC(CNCCN)SC(c1ccccc1)(c1ccccc1)c1ccccc1. The normalized spacial score (nSPS) is 12.7. The third kappa shape index (κ3) is 4.62. The Morgan fingerprint density at radius 2 is 1.19 bits per heavy atom. The monoisotopic (exact) mass is 376 g/mol. The van der Waals surface area contributed by atoms with E-state index in [0.29, 0.717) is 11.8 Å². The van der Waals surface area contributed by atoms with E-state index in [1.165, 1.54) is 16.7 Å². The number of thioether (sulfide) groups is 1. The molecule has 0 radical (unpaired) electrons. The highest BCUT2D eigenvalue weighted by Gasteiger charge is 2.38. The summed E-state index contributed by atoms with van der Waals surface area (Å²) in [5.41, 5.74) is 9.56. The quantitative estimate of drug-likeness (QED) is 0.422. The second kappa shape index (κ2) is 9.75. The van der Waals surface area contributed by atoms with Gasteiger partial charge >= 0.3 is 0 Å². The second-order valence-electron chi connectivity index (χ2n) is 6.70. The molecule has 27 heavy (non-hydrogen) atoms. The van der Waals surface area contributed by atoms with Crippen LogP contribution in [0.4, 0.5) is 0 Å². The highest BCUT2D eigenvalue weighted by Crippen LogP contribution is 2.49. The van der Waals surface area contributed by atoms with E-state index >= 15 is 0 Å². The van der Waals surface area contributed by atoms with E-state index in [2.05, 4.69) is 103 Å². The summed E-state index contributed by atoms with van der Waals surface area (Å²) < 4.78 is -0.256. The summed E-state index contributed by atoms with van der Waals surface area (Å²) in [4.78, 5) is 0. The van der Waals surface area contributed by atoms with Crippen molar-refractivity contribution in [1.82, 2.24) is 5.32 Å². The smallest absolute Gasteiger partial charge is 0.0910 e. The van der Waals surface area contributed by atoms with Crippen molar-refractivity contribution in [2.24, 2.45) is 5.73 Å². The maximum atomic E-state index is 5.65. The topological polar surface area (TPSA) is 38.0 Å². The lowest BCUT2D eigenvalue weighted by atomic mass is 9.84. The van der Waals surface area contributed by atoms with Crippen LogP contribution in [0.3, 0.4) is 0 Å². The maximum absolute atomic E-state index is 5.65. The third-order valence-electron chi connectivity index (χ3n) is 4.67. The Morgan fingerprint density at radius 3 is 1.56 bits per heavy atom. The van der Waals surface area contributed by atoms with E-state index in [-0.39, 0.29) is 4.75 Å². The van der Waals surface area contributed by atoms with Gasteiger partial charge in [0.2, 0.25) is 0 Å². The van der Waals surface area contributed by atoms with Crippen LogP contribution in [0.15, 0.2) is 91.0 Å². The van der Waals surface area contributed by atoms with Crippen molar-refractivity contribution in [3.63, 3.8) is 0 Å². The predicted octanol–water partition coefficient (Wildman–Crippen LogP) is 4.65. The van der Waals surface area contributed by atoms with Crippen LogP contribution >= 0.6 is 11.8 Å². The van der Waals surface area contributed by atoms with Gasteiger partial charge in [0, 0.05) is 24.9 Å². The van der Waals surface area contributed by atoms with Crippen LogP contribution < -0.4 is 11.1 Å². The van der Waals surface area contributed by atoms with E-state index in [0.717, 1.165) is 13.1 Å². The fraction of sp³-hybridized carbons (Fsp3) is 0.250. The second-order valence-corrected chi connectivity index (χ2v) is 8.35. The van der Waals surface area contributed by atoms with Crippen LogP contribution in [0.5, 0.6) is 0 Å². The summed E-state index contributed by atoms with van der Waals surface area (Å²) in [6, 6.07) is 32.5. The first-order valence-corrected chi connectivity index (χ1v) is 10.4. The maximum Gasteiger partial charge on any atom is 0.0910 e. The van der Waals surface area contributed by atoms with Crippen molar-refractivity contribution in [1.29, 1.82) is 0 Å². The molecular formula is C24H28N2S. The van der Waals surface area contributed by atoms with E-state index < -0.39 is 0 Å². The van der Waals surface area contributed by atoms with Crippen LogP contribution in [0.1, 0.15) is 23.6 Å². The van der Waals surface area contributed by atoms with Crippen LogP contribution in [0, 0.1) is 0 Å². The van der Waals surface area contributed by atoms with Crippen molar-refractivity contribution in [2.75, 3.05) is 19.6 Å². The van der Waals surface area contributed by atoms with Crippen molar-refractivity contribution in [3.05, 3.63) is 108 Å². The lowest BCUT2D eigenvalue weighted by Crippen LogP contribution is -2.33. The number of hydrogen-bond donors (Lipinski definition) is 2. The van der Waals surface area contributed by atoms with Gasteiger partial charge in [0.15, 0.2) is 0 Å². The third-order valence-corrected chi connectivity index (χ3v) is 6.30. The molecule has 2 nitrogen and oxygen atoms in total. The van der Waals surface area contributed by atoms with Gasteiger partial charge in [-0.15, -0.1) is 11.8 Å². The summed E-state index contributed by atoms with van der Waals surface area (Å²) in [6.45, 7) is 4.73. The lowest BCUT2D eigenvalue weighted by Gasteiger charge is -2.37. The van der Waals surface area contributed by atoms with Crippen molar-refractivity contribution in [2.45, 2.75) is 16.9 Å². The van der Waals surface area contributed by atoms with Gasteiger partial charge in [-0.25, -0.2) is 0 Å². The standard InChI is InChI=1S/C24H28N2S/c1-20(19-26-18-17-25)27-24(21-11-5-2-6-12-21,22-13-7-3-8-14-22)23-15-9-4-10-16-23/h2-16,20,26H,17-19,25H2,1H3. The summed E-state index contributed by atoms with van der Waals surface area (Å²) in [7, 11) is 0. The predicted molar refractivity (Wildman–Crippen MR) is 118 cm³/mol. The van der Waals surface area contributed by atoms with Gasteiger partial charge in [0.1, 0.15) is 0 Å². The van der Waals surface area contributed by atoms with Crippen LogP contribution in [0.2, 0.25) is 0 Å². The molecule has 0 fully saturated rings. The Bertz CT molecular complexity index is 694. The van der Waals surface area contributed by atoms with E-state index in [1.807, 2.05) is 11.8 Å². The van der Waals surface area contributed by atoms with Gasteiger partial charge in [-0.1, -0.05) is 97.9 Å². The van der Waals surface area contributed by atoms with Gasteiger partial charge in [-0.05, 0) is 16.7 Å². The Hall–Kier alpha value is -2.07. The molecule has 0 bridgehead atoms. The average Bonchev–Trinajstić information content (AvgIpc) is 2.74. The van der Waals surface area contributed by atoms with Crippen molar-refractivity contribution in [3.8, 4) is 0 Å². The Labute approximate surface area is 167 Å². The number of nitrogens with one attached hydrogen (secondary N) is 1. The molecule has 1 atom stereocenters. The molecule has 0 aliphatic carbocycles. The fourth-order valence-corrected chi connectivity index (χ4v) is 5.09. The molecule has 0 aliphatic rings. The molecule has 3 heteroatoms. The largest absolute Gasteiger partial charge is 0.329 e. The van der Waals surface area contributed by atoms with Crippen LogP contribution in [-0.2, 0) is 4.75 Å². The van der Waals surface area contributed by atoms with Crippen LogP contribution in [-0.4, -0.2) is 24.9 Å². The molecule has 1 unspecified atom stereocenters. The van der Waals surface area contributed by atoms with Crippen molar-refractivity contribution < 1.29 is 0 Å². The number of benzene rings is 3. The molecular weight excluding hydrogens is 348 g/mol. The molecule has 0 saturated heterocycles. The Kier molecular flexibility index (Phi) is 7.11. The number of rotatable bonds is 9. The number of nitrogens with two attached hydrogens (primary N) is 1. The first kappa shape index (κ1) is 19.7. The minimum Gasteiger partial charge on any atom is -0.329 e. The van der Waals surface area contributed by atoms with Gasteiger partial charge in [0.25, 0.3) is 0 Å². The zero-order chi connectivity index (χ0) is 19.0. The summed E-state index contributed by atoms with van der Waals surface area (Å²) >= 11 is 2.00. The molecule has 3 N–H and O–H groups in total. The molecule has 0 heterocycles. The summed E-state index contributed by atoms with van der Waals surface area (Å²) in [5.74, 6) is 0. The molecule has 0 amide bonds. The van der Waals surface area contributed by atoms with E-state index in [9.17, 15) is 0 Å². The Balaban J connectivity index is 2.11. The zero-order valence-electron chi connectivity index (χ0n) is 15.8. The van der Waals surface area contributed by atoms with Gasteiger partial charge in [0.05, 0.1) is 4.75 Å². The van der Waals surface area contributed by atoms with E-state index in [1.54, 1.807) is 0 Å². The molecule has 3 aromatic carbocycles. The molecule has 0 aliphatic heterocycles. The molecule has 0 saturated carbocycles. The lowest BCUT2D eigenvalue weighted by molar-refractivity contribution is 0.682. The molecule has 3 aromatic rings. The highest BCUT2D eigenvalue weighted by molar-refractivity contribution is 8.01.